The van der Waals surface area contributed by atoms with Gasteiger partial charge >= 0.3 is 0 Å². The number of para-hydroxylation sites is 2. The lowest BCUT2D eigenvalue weighted by atomic mass is 9.82. The van der Waals surface area contributed by atoms with Gasteiger partial charge in [0, 0.05) is 35.0 Å². The van der Waals surface area contributed by atoms with Gasteiger partial charge in [-0.15, -0.1) is 0 Å². The van der Waals surface area contributed by atoms with Gasteiger partial charge in [0.05, 0.1) is 11.0 Å². The van der Waals surface area contributed by atoms with Crippen molar-refractivity contribution >= 4 is 21.8 Å². The molecule has 0 spiro atoms. The molecule has 0 bridgehead atoms. The summed E-state index contributed by atoms with van der Waals surface area (Å²) < 4.78 is 0. The topological polar surface area (TPSA) is 25.8 Å². The normalized spacial score (nSPS) is 12.5. The third kappa shape index (κ3) is 2.96. The first-order valence-corrected chi connectivity index (χ1v) is 11.8. The summed E-state index contributed by atoms with van der Waals surface area (Å²) in [5.74, 6) is 0. The van der Waals surface area contributed by atoms with Crippen molar-refractivity contribution in [2.45, 2.75) is 12.8 Å². The zero-order chi connectivity index (χ0) is 22.5. The van der Waals surface area contributed by atoms with E-state index < -0.39 is 0 Å². The molecule has 0 unspecified atom stereocenters. The van der Waals surface area contributed by atoms with Crippen LogP contribution in [-0.2, 0) is 12.8 Å². The van der Waals surface area contributed by atoms with Crippen molar-refractivity contribution in [1.82, 2.24) is 9.97 Å². The van der Waals surface area contributed by atoms with Gasteiger partial charge in [-0.3, -0.25) is 9.97 Å². The van der Waals surface area contributed by atoms with Gasteiger partial charge in [0.25, 0.3) is 0 Å². The Balaban J connectivity index is 1.54. The average Bonchev–Trinajstić information content (AvgIpc) is 2.90. The monoisotopic (exact) mass is 434 g/mol. The van der Waals surface area contributed by atoms with Gasteiger partial charge in [-0.25, -0.2) is 0 Å². The lowest BCUT2D eigenvalue weighted by Gasteiger charge is -2.26. The van der Waals surface area contributed by atoms with Gasteiger partial charge in [-0.05, 0) is 45.5 Å². The zero-order valence-electron chi connectivity index (χ0n) is 18.7. The molecule has 1 aliphatic rings. The molecule has 0 fully saturated rings. The number of benzene rings is 4. The van der Waals surface area contributed by atoms with Gasteiger partial charge in [-0.1, -0.05) is 97.1 Å². The fraction of sp³-hybridized carbons (Fsp3) is 0.0625. The number of nitrogens with zero attached hydrogens (tertiary/aromatic N) is 2. The van der Waals surface area contributed by atoms with Crippen molar-refractivity contribution in [3.63, 3.8) is 0 Å². The van der Waals surface area contributed by atoms with E-state index in [2.05, 4.69) is 109 Å². The molecular weight excluding hydrogens is 412 g/mol. The molecule has 2 aromatic heterocycles. The van der Waals surface area contributed by atoms with Crippen LogP contribution in [0.3, 0.4) is 0 Å². The second-order valence-electron chi connectivity index (χ2n) is 8.94. The Bertz CT molecular complexity index is 1560. The van der Waals surface area contributed by atoms with E-state index in [0.29, 0.717) is 0 Å². The summed E-state index contributed by atoms with van der Waals surface area (Å²) in [6.07, 6.45) is 1.58. The van der Waals surface area contributed by atoms with Crippen molar-refractivity contribution in [1.29, 1.82) is 0 Å². The van der Waals surface area contributed by atoms with Gasteiger partial charge in [0.1, 0.15) is 0 Å². The van der Waals surface area contributed by atoms with Crippen molar-refractivity contribution in [3.05, 3.63) is 132 Å². The van der Waals surface area contributed by atoms with Gasteiger partial charge in [0.15, 0.2) is 0 Å². The van der Waals surface area contributed by atoms with Gasteiger partial charge in [0.2, 0.25) is 0 Å². The molecule has 7 rings (SSSR count). The minimum absolute atomic E-state index is 0.789. The largest absolute Gasteiger partial charge is 0.252 e. The van der Waals surface area contributed by atoms with Crippen LogP contribution in [0.2, 0.25) is 0 Å². The quantitative estimate of drug-likeness (QED) is 0.280. The number of aromatic nitrogens is 2. The summed E-state index contributed by atoms with van der Waals surface area (Å²) in [4.78, 5) is 10.4. The van der Waals surface area contributed by atoms with E-state index in [1.807, 2.05) is 0 Å². The first-order chi connectivity index (χ1) is 16.9. The van der Waals surface area contributed by atoms with Crippen LogP contribution in [0.4, 0.5) is 0 Å². The second kappa shape index (κ2) is 7.64. The predicted molar refractivity (Wildman–Crippen MR) is 140 cm³/mol. The van der Waals surface area contributed by atoms with Crippen molar-refractivity contribution in [2.24, 2.45) is 0 Å². The molecule has 0 amide bonds. The maximum absolute atomic E-state index is 5.19. The van der Waals surface area contributed by atoms with Gasteiger partial charge < -0.3 is 0 Å². The molecule has 34 heavy (non-hydrogen) atoms. The second-order valence-corrected chi connectivity index (χ2v) is 8.94. The van der Waals surface area contributed by atoms with E-state index in [9.17, 15) is 0 Å². The summed E-state index contributed by atoms with van der Waals surface area (Å²) >= 11 is 0. The molecule has 160 valence electrons. The molecule has 0 saturated carbocycles. The number of fused-ring (bicyclic) bond motifs is 4. The minimum Gasteiger partial charge on any atom is -0.252 e. The van der Waals surface area contributed by atoms with E-state index in [4.69, 9.17) is 9.97 Å². The Morgan fingerprint density at radius 3 is 1.24 bits per heavy atom. The van der Waals surface area contributed by atoms with Crippen LogP contribution in [0.5, 0.6) is 0 Å². The van der Waals surface area contributed by atoms with Gasteiger partial charge in [-0.2, -0.15) is 0 Å². The van der Waals surface area contributed by atoms with Crippen LogP contribution in [0.15, 0.2) is 109 Å². The van der Waals surface area contributed by atoms with Crippen LogP contribution in [0.25, 0.3) is 44.1 Å². The molecule has 0 saturated heterocycles. The van der Waals surface area contributed by atoms with Crippen LogP contribution in [0.1, 0.15) is 22.5 Å². The highest BCUT2D eigenvalue weighted by atomic mass is 14.8. The molecule has 2 heteroatoms. The van der Waals surface area contributed by atoms with E-state index >= 15 is 0 Å². The molecule has 4 aromatic carbocycles. The Morgan fingerprint density at radius 1 is 0.412 bits per heavy atom. The van der Waals surface area contributed by atoms with E-state index in [1.54, 1.807) is 0 Å². The average molecular weight is 435 g/mol. The Hall–Kier alpha value is -4.30. The highest BCUT2D eigenvalue weighted by Gasteiger charge is 2.27. The predicted octanol–water partition coefficient (Wildman–Crippen LogP) is 7.61. The highest BCUT2D eigenvalue weighted by Crippen LogP contribution is 2.42. The number of hydrogen-bond donors (Lipinski definition) is 0. The standard InChI is InChI=1S/C32H22N2/c1-3-11-21(12-4-1)31-23-15-7-9-17-27(23)33-29-20-26-30(19-25(29)31)34-28-18-10-8-16-24(28)32(26)22-13-5-2-6-14-22/h1-18H,19-20H2. The summed E-state index contributed by atoms with van der Waals surface area (Å²) in [5.41, 5.74) is 12.1. The van der Waals surface area contributed by atoms with Crippen LogP contribution >= 0.6 is 0 Å². The Kier molecular flexibility index (Phi) is 4.31. The lowest BCUT2D eigenvalue weighted by Crippen LogP contribution is -2.15. The summed E-state index contributed by atoms with van der Waals surface area (Å²) in [7, 11) is 0. The fourth-order valence-corrected chi connectivity index (χ4v) is 5.48. The lowest BCUT2D eigenvalue weighted by molar-refractivity contribution is 0.925. The zero-order valence-corrected chi connectivity index (χ0v) is 18.7. The van der Waals surface area contributed by atoms with Crippen molar-refractivity contribution in [3.8, 4) is 22.3 Å². The molecule has 2 heterocycles. The maximum atomic E-state index is 5.19. The minimum atomic E-state index is 0.789. The third-order valence-electron chi connectivity index (χ3n) is 6.97. The molecule has 6 aromatic rings. The first kappa shape index (κ1) is 19.2. The van der Waals surface area contributed by atoms with E-state index in [1.165, 1.54) is 55.5 Å². The third-order valence-corrected chi connectivity index (χ3v) is 6.97. The van der Waals surface area contributed by atoms with Crippen molar-refractivity contribution < 1.29 is 0 Å². The van der Waals surface area contributed by atoms with Crippen LogP contribution in [0, 0.1) is 0 Å². The maximum Gasteiger partial charge on any atom is 0.0711 e. The molecule has 1 aliphatic carbocycles. The van der Waals surface area contributed by atoms with Crippen LogP contribution in [-0.4, -0.2) is 9.97 Å². The number of rotatable bonds is 2. The molecule has 0 aliphatic heterocycles. The summed E-state index contributed by atoms with van der Waals surface area (Å²) in [6, 6.07) is 38.5. The molecule has 0 N–H and O–H groups in total. The Morgan fingerprint density at radius 2 is 0.794 bits per heavy atom. The molecule has 0 radical (unpaired) electrons. The first-order valence-electron chi connectivity index (χ1n) is 11.8. The number of pyridine rings is 2. The summed E-state index contributed by atoms with van der Waals surface area (Å²) in [5, 5.41) is 2.42. The fourth-order valence-electron chi connectivity index (χ4n) is 5.48. The van der Waals surface area contributed by atoms with E-state index in [0.717, 1.165) is 23.9 Å². The Labute approximate surface area is 198 Å². The number of hydrogen-bond acceptors (Lipinski definition) is 2. The smallest absolute Gasteiger partial charge is 0.0711 e. The van der Waals surface area contributed by atoms with Crippen LogP contribution < -0.4 is 0 Å². The van der Waals surface area contributed by atoms with E-state index in [-0.39, 0.29) is 0 Å². The molecular formula is C32H22N2. The summed E-state index contributed by atoms with van der Waals surface area (Å²) in [6.45, 7) is 0. The SMILES string of the molecule is c1ccc(-c2c3c(nc4ccccc24)Cc2c(nc4ccccc4c2-c2ccccc2)C3)cc1. The van der Waals surface area contributed by atoms with Crippen molar-refractivity contribution in [2.75, 3.05) is 0 Å². The highest BCUT2D eigenvalue weighted by molar-refractivity contribution is 5.99. The molecule has 0 atom stereocenters. The molecule has 2 nitrogen and oxygen atoms in total.